The van der Waals surface area contributed by atoms with Gasteiger partial charge in [0.05, 0.1) is 51.8 Å². The number of anilines is 1. The summed E-state index contributed by atoms with van der Waals surface area (Å²) in [5, 5.41) is 12.3. The molecule has 4 fully saturated rings. The SMILES string of the molecule is Cc1cc2[nH]ncc2c(-c2nccc3c2sc2nc(OC[C@@]45CCCN4C[C@H](F)C5)nc(N4CC5COCC(C4)N5)c23)c1C(F)(F)F. The second-order valence-corrected chi connectivity index (χ2v) is 14.3. The predicted octanol–water partition coefficient (Wildman–Crippen LogP) is 5.24. The molecular formula is C32H32F4N8O2S. The summed E-state index contributed by atoms with van der Waals surface area (Å²) in [6.45, 7) is 5.38. The lowest BCUT2D eigenvalue weighted by Gasteiger charge is -2.42. The first kappa shape index (κ1) is 29.5. The lowest BCUT2D eigenvalue weighted by molar-refractivity contribution is -0.137. The summed E-state index contributed by atoms with van der Waals surface area (Å²) in [5.74, 6) is 0.663. The average molecular weight is 669 g/mol. The summed E-state index contributed by atoms with van der Waals surface area (Å²) >= 11 is 1.28. The lowest BCUT2D eigenvalue weighted by Crippen LogP contribution is -2.63. The van der Waals surface area contributed by atoms with E-state index in [1.165, 1.54) is 30.5 Å². The van der Waals surface area contributed by atoms with Crippen molar-refractivity contribution in [1.82, 2.24) is 35.4 Å². The number of hydrogen-bond donors (Lipinski definition) is 2. The van der Waals surface area contributed by atoms with Gasteiger partial charge in [-0.25, -0.2) is 4.39 Å². The van der Waals surface area contributed by atoms with E-state index < -0.39 is 17.9 Å². The molecule has 246 valence electrons. The minimum Gasteiger partial charge on any atom is -0.461 e. The van der Waals surface area contributed by atoms with Crippen LogP contribution in [-0.2, 0) is 10.9 Å². The molecule has 0 amide bonds. The van der Waals surface area contributed by atoms with Crippen molar-refractivity contribution in [2.75, 3.05) is 50.9 Å². The van der Waals surface area contributed by atoms with Crippen LogP contribution in [0.15, 0.2) is 24.5 Å². The predicted molar refractivity (Wildman–Crippen MR) is 170 cm³/mol. The summed E-state index contributed by atoms with van der Waals surface area (Å²) in [5.41, 5.74) is -0.338. The average Bonchev–Trinajstić information content (AvgIpc) is 3.80. The minimum atomic E-state index is -4.62. The molecule has 15 heteroatoms. The zero-order chi connectivity index (χ0) is 32.1. The highest BCUT2D eigenvalue weighted by molar-refractivity contribution is 7.26. The number of H-pyrrole nitrogens is 1. The van der Waals surface area contributed by atoms with Crippen molar-refractivity contribution >= 4 is 48.4 Å². The van der Waals surface area contributed by atoms with Crippen LogP contribution in [0.25, 0.3) is 42.5 Å². The van der Waals surface area contributed by atoms with Gasteiger partial charge in [-0.15, -0.1) is 11.3 Å². The maximum absolute atomic E-state index is 14.7. The molecule has 1 aromatic carbocycles. The topological polar surface area (TPSA) is 104 Å². The van der Waals surface area contributed by atoms with Crippen LogP contribution in [0.1, 0.15) is 30.4 Å². The van der Waals surface area contributed by atoms with Crippen LogP contribution in [0.4, 0.5) is 23.4 Å². The van der Waals surface area contributed by atoms with Crippen LogP contribution in [0.3, 0.4) is 0 Å². The Bertz CT molecular complexity index is 2020. The zero-order valence-corrected chi connectivity index (χ0v) is 26.3. The molecule has 4 saturated heterocycles. The van der Waals surface area contributed by atoms with E-state index >= 15 is 0 Å². The standard InChI is InChI=1S/C32H32F4N8O2S/c1-16-7-22-21(9-38-42-22)23(25(16)32(34,35)36)26-27-20(3-5-37-26)24-28(43-11-18-13-45-14-19(12-43)39-18)40-30(41-29(24)47-27)46-15-31-4-2-6-44(31)10-17(33)8-31/h3,5,7,9,17-19,39H,2,4,6,8,10-15H2,1H3,(H,38,42)/t17-,18?,19?,31+/m1/s1. The second-order valence-electron chi connectivity index (χ2n) is 13.3. The maximum Gasteiger partial charge on any atom is 0.417 e. The smallest absolute Gasteiger partial charge is 0.417 e. The van der Waals surface area contributed by atoms with Crippen molar-refractivity contribution in [1.29, 1.82) is 0 Å². The van der Waals surface area contributed by atoms with E-state index in [9.17, 15) is 17.6 Å². The number of morpholine rings is 1. The molecule has 9 rings (SSSR count). The number of aromatic amines is 1. The van der Waals surface area contributed by atoms with Gasteiger partial charge in [0, 0.05) is 60.7 Å². The molecule has 4 aromatic heterocycles. The van der Waals surface area contributed by atoms with Gasteiger partial charge >= 0.3 is 12.2 Å². The largest absolute Gasteiger partial charge is 0.461 e. The first-order valence-corrected chi connectivity index (χ1v) is 16.7. The van der Waals surface area contributed by atoms with E-state index in [2.05, 4.69) is 30.3 Å². The number of piperazine rings is 1. The minimum absolute atomic E-state index is 0.0133. The van der Waals surface area contributed by atoms with E-state index in [0.29, 0.717) is 65.5 Å². The number of rotatable bonds is 5. The van der Waals surface area contributed by atoms with Gasteiger partial charge in [-0.2, -0.15) is 28.2 Å². The van der Waals surface area contributed by atoms with Crippen LogP contribution in [0.5, 0.6) is 6.01 Å². The molecule has 4 aliphatic rings. The molecule has 5 aromatic rings. The fourth-order valence-electron chi connectivity index (χ4n) is 8.29. The van der Waals surface area contributed by atoms with Gasteiger partial charge in [0.25, 0.3) is 0 Å². The van der Waals surface area contributed by atoms with Crippen molar-refractivity contribution in [3.8, 4) is 17.3 Å². The number of benzene rings is 1. The van der Waals surface area contributed by atoms with Gasteiger partial charge in [0.2, 0.25) is 0 Å². The van der Waals surface area contributed by atoms with E-state index in [4.69, 9.17) is 19.4 Å². The molecular weight excluding hydrogens is 636 g/mol. The van der Waals surface area contributed by atoms with E-state index in [0.717, 1.165) is 30.2 Å². The molecule has 0 spiro atoms. The van der Waals surface area contributed by atoms with Crippen LogP contribution < -0.4 is 15.0 Å². The quantitative estimate of drug-likeness (QED) is 0.244. The highest BCUT2D eigenvalue weighted by Crippen LogP contribution is 2.48. The Hall–Kier alpha value is -3.66. The summed E-state index contributed by atoms with van der Waals surface area (Å²) in [7, 11) is 0. The van der Waals surface area contributed by atoms with Crippen molar-refractivity contribution in [2.45, 2.75) is 56.2 Å². The number of nitrogens with one attached hydrogen (secondary N) is 2. The molecule has 10 nitrogen and oxygen atoms in total. The van der Waals surface area contributed by atoms with Crippen molar-refractivity contribution in [3.05, 3.63) is 35.7 Å². The first-order valence-electron chi connectivity index (χ1n) is 15.9. The van der Waals surface area contributed by atoms with Crippen molar-refractivity contribution in [2.24, 2.45) is 0 Å². The molecule has 0 saturated carbocycles. The van der Waals surface area contributed by atoms with E-state index in [1.54, 1.807) is 6.20 Å². The van der Waals surface area contributed by atoms with Gasteiger partial charge in [-0.05, 0) is 44.0 Å². The summed E-state index contributed by atoms with van der Waals surface area (Å²) in [6.07, 6.45) is -0.286. The molecule has 4 aliphatic heterocycles. The Morgan fingerprint density at radius 3 is 2.79 bits per heavy atom. The highest BCUT2D eigenvalue weighted by atomic mass is 32.1. The van der Waals surface area contributed by atoms with Gasteiger partial charge in [0.1, 0.15) is 23.4 Å². The van der Waals surface area contributed by atoms with Crippen LogP contribution in [0, 0.1) is 6.92 Å². The number of aromatic nitrogens is 5. The molecule has 47 heavy (non-hydrogen) atoms. The maximum atomic E-state index is 14.7. The third-order valence-electron chi connectivity index (χ3n) is 10.2. The molecule has 2 unspecified atom stereocenters. The summed E-state index contributed by atoms with van der Waals surface area (Å²) in [4.78, 5) is 19.4. The number of hydrogen-bond acceptors (Lipinski definition) is 10. The van der Waals surface area contributed by atoms with E-state index in [-0.39, 0.29) is 47.1 Å². The fourth-order valence-corrected chi connectivity index (χ4v) is 9.45. The number of nitrogens with zero attached hydrogens (tertiary/aromatic N) is 6. The molecule has 4 atom stereocenters. The van der Waals surface area contributed by atoms with E-state index in [1.807, 2.05) is 6.07 Å². The molecule has 8 heterocycles. The molecule has 2 N–H and O–H groups in total. The van der Waals surface area contributed by atoms with Crippen LogP contribution in [0.2, 0.25) is 0 Å². The number of halogens is 4. The third kappa shape index (κ3) is 4.76. The van der Waals surface area contributed by atoms with Crippen molar-refractivity contribution in [3.63, 3.8) is 0 Å². The van der Waals surface area contributed by atoms with Crippen molar-refractivity contribution < 1.29 is 27.0 Å². The van der Waals surface area contributed by atoms with Gasteiger partial charge in [-0.1, -0.05) is 0 Å². The number of aryl methyl sites for hydroxylation is 1. The number of fused-ring (bicyclic) bond motifs is 7. The zero-order valence-electron chi connectivity index (χ0n) is 25.5. The Morgan fingerprint density at radius 1 is 1.15 bits per heavy atom. The Labute approximate surface area is 270 Å². The molecule has 0 radical (unpaired) electrons. The molecule has 0 aliphatic carbocycles. The lowest BCUT2D eigenvalue weighted by atomic mass is 9.94. The van der Waals surface area contributed by atoms with Gasteiger partial charge in [-0.3, -0.25) is 15.0 Å². The first-order chi connectivity index (χ1) is 22.7. The summed E-state index contributed by atoms with van der Waals surface area (Å²) in [6, 6.07) is 3.67. The van der Waals surface area contributed by atoms with Gasteiger partial charge < -0.3 is 19.7 Å². The summed E-state index contributed by atoms with van der Waals surface area (Å²) < 4.78 is 71.3. The number of alkyl halides is 4. The third-order valence-corrected chi connectivity index (χ3v) is 11.3. The second kappa shape index (κ2) is 10.7. The van der Waals surface area contributed by atoms with Crippen LogP contribution in [-0.4, -0.2) is 99.8 Å². The normalized spacial score (nSPS) is 26.6. The Kier molecular flexibility index (Phi) is 6.69. The Balaban J connectivity index is 1.23. The molecule has 2 bridgehead atoms. The van der Waals surface area contributed by atoms with Gasteiger partial charge in [0.15, 0.2) is 0 Å². The highest BCUT2D eigenvalue weighted by Gasteiger charge is 2.49. The number of pyridine rings is 1. The number of thiophene rings is 1. The fraction of sp³-hybridized carbons (Fsp3) is 0.500. The monoisotopic (exact) mass is 668 g/mol. The number of ether oxygens (including phenoxy) is 2. The van der Waals surface area contributed by atoms with Crippen LogP contribution >= 0.6 is 11.3 Å². The Morgan fingerprint density at radius 2 is 1.98 bits per heavy atom.